The first kappa shape index (κ1) is 16.0. The Labute approximate surface area is 133 Å². The summed E-state index contributed by atoms with van der Waals surface area (Å²) in [6, 6.07) is 7.81. The molecule has 0 unspecified atom stereocenters. The zero-order valence-corrected chi connectivity index (χ0v) is 14.0. The summed E-state index contributed by atoms with van der Waals surface area (Å²) < 4.78 is 8.48. The third kappa shape index (κ3) is 5.47. The summed E-state index contributed by atoms with van der Waals surface area (Å²) >= 11 is 3.46. The molecule has 0 saturated carbocycles. The van der Waals surface area contributed by atoms with Crippen molar-refractivity contribution in [2.24, 2.45) is 5.92 Å². The van der Waals surface area contributed by atoms with Crippen molar-refractivity contribution in [2.45, 2.75) is 26.9 Å². The molecule has 0 atom stereocenters. The van der Waals surface area contributed by atoms with Gasteiger partial charge in [-0.1, -0.05) is 31.2 Å². The van der Waals surface area contributed by atoms with Crippen LogP contribution in [0.1, 0.15) is 19.5 Å². The number of rotatable bonds is 8. The van der Waals surface area contributed by atoms with E-state index in [4.69, 9.17) is 4.74 Å². The number of aromatic nitrogens is 3. The van der Waals surface area contributed by atoms with Crippen molar-refractivity contribution in [3.05, 3.63) is 40.6 Å². The van der Waals surface area contributed by atoms with Crippen LogP contribution in [0.2, 0.25) is 0 Å². The standard InChI is InChI=1S/C15H21BrN4O/c1-12(2)9-17-10-13-11-20(19-18-13)7-8-21-15-6-4-3-5-14(15)16/h3-6,11-12,17H,7-10H2,1-2H3. The number of ether oxygens (including phenoxy) is 1. The fourth-order valence-corrected chi connectivity index (χ4v) is 2.23. The summed E-state index contributed by atoms with van der Waals surface area (Å²) in [6.45, 7) is 7.34. The highest BCUT2D eigenvalue weighted by Crippen LogP contribution is 2.23. The summed E-state index contributed by atoms with van der Waals surface area (Å²) in [5.74, 6) is 1.48. The molecule has 21 heavy (non-hydrogen) atoms. The van der Waals surface area contributed by atoms with Crippen LogP contribution in [0.25, 0.3) is 0 Å². The number of nitrogens with zero attached hydrogens (tertiary/aromatic N) is 3. The maximum Gasteiger partial charge on any atom is 0.133 e. The molecule has 0 aliphatic carbocycles. The van der Waals surface area contributed by atoms with E-state index in [0.29, 0.717) is 19.1 Å². The van der Waals surface area contributed by atoms with Crippen LogP contribution in [0.15, 0.2) is 34.9 Å². The van der Waals surface area contributed by atoms with E-state index in [1.54, 1.807) is 0 Å². The van der Waals surface area contributed by atoms with Crippen LogP contribution < -0.4 is 10.1 Å². The van der Waals surface area contributed by atoms with E-state index >= 15 is 0 Å². The average molecular weight is 353 g/mol. The Morgan fingerprint density at radius 3 is 2.90 bits per heavy atom. The van der Waals surface area contributed by atoms with Crippen molar-refractivity contribution in [2.75, 3.05) is 13.2 Å². The van der Waals surface area contributed by atoms with Gasteiger partial charge in [-0.05, 0) is 40.5 Å². The molecule has 0 amide bonds. The Balaban J connectivity index is 1.74. The molecule has 6 heteroatoms. The maximum atomic E-state index is 5.71. The van der Waals surface area contributed by atoms with Crippen molar-refractivity contribution in [3.8, 4) is 5.75 Å². The molecule has 0 saturated heterocycles. The normalized spacial score (nSPS) is 11.0. The van der Waals surface area contributed by atoms with E-state index in [9.17, 15) is 0 Å². The van der Waals surface area contributed by atoms with E-state index in [2.05, 4.69) is 45.4 Å². The van der Waals surface area contributed by atoms with Crippen molar-refractivity contribution in [1.29, 1.82) is 0 Å². The van der Waals surface area contributed by atoms with Gasteiger partial charge >= 0.3 is 0 Å². The van der Waals surface area contributed by atoms with Gasteiger partial charge in [-0.2, -0.15) is 0 Å². The molecule has 1 heterocycles. The molecule has 0 fully saturated rings. The lowest BCUT2D eigenvalue weighted by Crippen LogP contribution is -2.19. The summed E-state index contributed by atoms with van der Waals surface area (Å²) in [4.78, 5) is 0. The second-order valence-electron chi connectivity index (χ2n) is 5.28. The van der Waals surface area contributed by atoms with Crippen LogP contribution in [0, 0.1) is 5.92 Å². The molecule has 2 aromatic rings. The van der Waals surface area contributed by atoms with Crippen LogP contribution >= 0.6 is 15.9 Å². The highest BCUT2D eigenvalue weighted by atomic mass is 79.9. The maximum absolute atomic E-state index is 5.71. The Morgan fingerprint density at radius 1 is 1.33 bits per heavy atom. The summed E-state index contributed by atoms with van der Waals surface area (Å²) in [7, 11) is 0. The number of nitrogens with one attached hydrogen (secondary N) is 1. The Bertz CT molecular complexity index is 556. The van der Waals surface area contributed by atoms with E-state index in [1.807, 2.05) is 35.1 Å². The van der Waals surface area contributed by atoms with Gasteiger partial charge in [-0.15, -0.1) is 5.10 Å². The van der Waals surface area contributed by atoms with Gasteiger partial charge in [0.15, 0.2) is 0 Å². The molecule has 114 valence electrons. The SMILES string of the molecule is CC(C)CNCc1cn(CCOc2ccccc2Br)nn1. The zero-order chi connectivity index (χ0) is 15.1. The van der Waals surface area contributed by atoms with Gasteiger partial charge < -0.3 is 10.1 Å². The molecule has 0 aliphatic rings. The number of hydrogen-bond acceptors (Lipinski definition) is 4. The van der Waals surface area contributed by atoms with Gasteiger partial charge in [0, 0.05) is 12.7 Å². The molecule has 1 aromatic heterocycles. The quantitative estimate of drug-likeness (QED) is 0.793. The predicted octanol–water partition coefficient (Wildman–Crippen LogP) is 2.87. The highest BCUT2D eigenvalue weighted by Gasteiger charge is 2.03. The summed E-state index contributed by atoms with van der Waals surface area (Å²) in [6.07, 6.45) is 1.96. The lowest BCUT2D eigenvalue weighted by atomic mass is 10.2. The lowest BCUT2D eigenvalue weighted by molar-refractivity contribution is 0.288. The lowest BCUT2D eigenvalue weighted by Gasteiger charge is -2.07. The monoisotopic (exact) mass is 352 g/mol. The van der Waals surface area contributed by atoms with Gasteiger partial charge in [0.1, 0.15) is 12.4 Å². The largest absolute Gasteiger partial charge is 0.490 e. The number of halogens is 1. The van der Waals surface area contributed by atoms with Gasteiger partial charge in [-0.3, -0.25) is 0 Å². The Hall–Kier alpha value is -1.40. The molecular formula is C15H21BrN4O. The molecule has 1 aromatic carbocycles. The molecule has 0 radical (unpaired) electrons. The van der Waals surface area contributed by atoms with Gasteiger partial charge in [-0.25, -0.2) is 4.68 Å². The van der Waals surface area contributed by atoms with E-state index in [1.165, 1.54) is 0 Å². The third-order valence-electron chi connectivity index (χ3n) is 2.86. The number of hydrogen-bond donors (Lipinski definition) is 1. The second kappa shape index (κ2) is 8.14. The molecule has 0 bridgehead atoms. The first-order chi connectivity index (χ1) is 10.1. The fourth-order valence-electron chi connectivity index (χ4n) is 1.83. The average Bonchev–Trinajstić information content (AvgIpc) is 2.88. The predicted molar refractivity (Wildman–Crippen MR) is 86.2 cm³/mol. The van der Waals surface area contributed by atoms with Crippen LogP contribution in [0.5, 0.6) is 5.75 Å². The van der Waals surface area contributed by atoms with Crippen LogP contribution in [0.3, 0.4) is 0 Å². The van der Waals surface area contributed by atoms with Crippen molar-refractivity contribution in [3.63, 3.8) is 0 Å². The smallest absolute Gasteiger partial charge is 0.133 e. The molecule has 5 nitrogen and oxygen atoms in total. The van der Waals surface area contributed by atoms with Crippen LogP contribution in [0.4, 0.5) is 0 Å². The highest BCUT2D eigenvalue weighted by molar-refractivity contribution is 9.10. The summed E-state index contributed by atoms with van der Waals surface area (Å²) in [5, 5.41) is 11.6. The van der Waals surface area contributed by atoms with Gasteiger partial charge in [0.2, 0.25) is 0 Å². The van der Waals surface area contributed by atoms with Crippen LogP contribution in [-0.4, -0.2) is 28.1 Å². The second-order valence-corrected chi connectivity index (χ2v) is 6.13. The minimum absolute atomic E-state index is 0.560. The van der Waals surface area contributed by atoms with E-state index in [0.717, 1.165) is 29.0 Å². The van der Waals surface area contributed by atoms with Crippen molar-refractivity contribution >= 4 is 15.9 Å². The first-order valence-electron chi connectivity index (χ1n) is 7.12. The minimum Gasteiger partial charge on any atom is -0.490 e. The topological polar surface area (TPSA) is 52.0 Å². The molecule has 2 rings (SSSR count). The Kier molecular flexibility index (Phi) is 6.20. The molecule has 0 spiro atoms. The van der Waals surface area contributed by atoms with E-state index in [-0.39, 0.29) is 0 Å². The number of para-hydroxylation sites is 1. The van der Waals surface area contributed by atoms with E-state index < -0.39 is 0 Å². The van der Waals surface area contributed by atoms with Crippen molar-refractivity contribution < 1.29 is 4.74 Å². The first-order valence-corrected chi connectivity index (χ1v) is 7.91. The Morgan fingerprint density at radius 2 is 2.14 bits per heavy atom. The molecule has 1 N–H and O–H groups in total. The minimum atomic E-state index is 0.560. The van der Waals surface area contributed by atoms with Gasteiger partial charge in [0.05, 0.1) is 16.7 Å². The molecule has 0 aliphatic heterocycles. The summed E-state index contributed by atoms with van der Waals surface area (Å²) in [5.41, 5.74) is 0.955. The number of benzene rings is 1. The zero-order valence-electron chi connectivity index (χ0n) is 12.4. The molecular weight excluding hydrogens is 332 g/mol. The third-order valence-corrected chi connectivity index (χ3v) is 3.51. The van der Waals surface area contributed by atoms with Crippen molar-refractivity contribution in [1.82, 2.24) is 20.3 Å². The van der Waals surface area contributed by atoms with Crippen LogP contribution in [-0.2, 0) is 13.1 Å². The van der Waals surface area contributed by atoms with Gasteiger partial charge in [0.25, 0.3) is 0 Å². The fraction of sp³-hybridized carbons (Fsp3) is 0.467.